The van der Waals surface area contributed by atoms with Gasteiger partial charge in [-0.15, -0.1) is 0 Å². The Morgan fingerprint density at radius 3 is 2.28 bits per heavy atom. The van der Waals surface area contributed by atoms with Crippen molar-refractivity contribution in [1.29, 1.82) is 0 Å². The fourth-order valence-electron chi connectivity index (χ4n) is 8.15. The zero-order valence-corrected chi connectivity index (χ0v) is 22.2. The first-order valence-electron chi connectivity index (χ1n) is 14.4. The molecule has 4 bridgehead atoms. The highest BCUT2D eigenvalue weighted by Crippen LogP contribution is 2.47. The molecule has 208 valence electrons. The number of benzene rings is 1. The van der Waals surface area contributed by atoms with E-state index in [1.54, 1.807) is 10.6 Å². The van der Waals surface area contributed by atoms with E-state index in [-0.39, 0.29) is 11.7 Å². The minimum absolute atomic E-state index is 0.0691. The van der Waals surface area contributed by atoms with Gasteiger partial charge in [0, 0.05) is 24.2 Å². The first kappa shape index (κ1) is 26.0. The SMILES string of the molecule is NC(=O)CON=C(C(=O)O)c1nc2ccccc2n(C2C[C@H]3CCC[C@@H](C2)N3C2CC3CCCC(C3)C2)c1=O. The Labute approximate surface area is 227 Å². The van der Waals surface area contributed by atoms with Gasteiger partial charge in [-0.3, -0.25) is 14.5 Å². The third-order valence-corrected chi connectivity index (χ3v) is 9.48. The zero-order chi connectivity index (χ0) is 27.1. The summed E-state index contributed by atoms with van der Waals surface area (Å²) in [5.41, 5.74) is 4.87. The summed E-state index contributed by atoms with van der Waals surface area (Å²) in [4.78, 5) is 49.2. The molecule has 2 aliphatic carbocycles. The molecule has 3 unspecified atom stereocenters. The Hall–Kier alpha value is -3.27. The van der Waals surface area contributed by atoms with Crippen molar-refractivity contribution in [3.05, 3.63) is 40.3 Å². The first-order chi connectivity index (χ1) is 18.9. The smallest absolute Gasteiger partial charge is 0.360 e. The van der Waals surface area contributed by atoms with Crippen LogP contribution in [-0.4, -0.2) is 61.9 Å². The van der Waals surface area contributed by atoms with Gasteiger partial charge in [0.2, 0.25) is 5.71 Å². The fraction of sp³-hybridized carbons (Fsp3) is 0.621. The Morgan fingerprint density at radius 2 is 1.62 bits per heavy atom. The van der Waals surface area contributed by atoms with Crippen molar-refractivity contribution in [3.8, 4) is 0 Å². The highest BCUT2D eigenvalue weighted by atomic mass is 16.6. The van der Waals surface area contributed by atoms with E-state index in [2.05, 4.69) is 15.0 Å². The number of aliphatic carboxylic acids is 1. The lowest BCUT2D eigenvalue weighted by molar-refractivity contribution is -0.130. The van der Waals surface area contributed by atoms with Crippen molar-refractivity contribution in [2.24, 2.45) is 22.7 Å². The van der Waals surface area contributed by atoms with Crippen LogP contribution in [0.1, 0.15) is 82.4 Å². The number of carboxylic acid groups (broad SMARTS) is 1. The van der Waals surface area contributed by atoms with Crippen molar-refractivity contribution in [2.75, 3.05) is 6.61 Å². The number of carbonyl (C=O) groups is 2. The number of hydrogen-bond acceptors (Lipinski definition) is 7. The number of piperidine rings is 2. The first-order valence-corrected chi connectivity index (χ1v) is 14.4. The van der Waals surface area contributed by atoms with Gasteiger partial charge in [-0.05, 0) is 68.9 Å². The lowest BCUT2D eigenvalue weighted by Crippen LogP contribution is -2.58. The lowest BCUT2D eigenvalue weighted by atomic mass is 9.68. The average Bonchev–Trinajstić information content (AvgIpc) is 2.90. The summed E-state index contributed by atoms with van der Waals surface area (Å²) in [6.45, 7) is -0.594. The number of nitrogens with zero attached hydrogens (tertiary/aromatic N) is 4. The molecule has 3 N–H and O–H groups in total. The van der Waals surface area contributed by atoms with Crippen LogP contribution in [0, 0.1) is 11.8 Å². The summed E-state index contributed by atoms with van der Waals surface area (Å²) >= 11 is 0. The van der Waals surface area contributed by atoms with Gasteiger partial charge < -0.3 is 20.2 Å². The molecule has 1 amide bonds. The number of primary amides is 1. The maximum Gasteiger partial charge on any atom is 0.360 e. The van der Waals surface area contributed by atoms with Gasteiger partial charge in [-0.1, -0.05) is 43.0 Å². The number of para-hydroxylation sites is 2. The molecule has 2 saturated heterocycles. The van der Waals surface area contributed by atoms with Gasteiger partial charge in [-0.2, -0.15) is 0 Å². The molecule has 2 saturated carbocycles. The Morgan fingerprint density at radius 1 is 0.949 bits per heavy atom. The van der Waals surface area contributed by atoms with Crippen LogP contribution in [0.15, 0.2) is 34.2 Å². The molecule has 3 heterocycles. The summed E-state index contributed by atoms with van der Waals surface area (Å²) in [5, 5.41) is 13.4. The van der Waals surface area contributed by atoms with Crippen molar-refractivity contribution >= 4 is 28.6 Å². The number of hydrogen-bond donors (Lipinski definition) is 2. The van der Waals surface area contributed by atoms with Crippen LogP contribution < -0.4 is 11.3 Å². The topological polar surface area (TPSA) is 140 Å². The van der Waals surface area contributed by atoms with Crippen LogP contribution in [0.3, 0.4) is 0 Å². The molecule has 39 heavy (non-hydrogen) atoms. The fourth-order valence-corrected chi connectivity index (χ4v) is 8.15. The number of oxime groups is 1. The Kier molecular flexibility index (Phi) is 7.14. The van der Waals surface area contributed by atoms with Gasteiger partial charge >= 0.3 is 5.97 Å². The molecular weight excluding hydrogens is 498 g/mol. The van der Waals surface area contributed by atoms with Crippen LogP contribution in [0.4, 0.5) is 0 Å². The molecule has 1 aromatic heterocycles. The molecule has 0 spiro atoms. The molecule has 5 atom stereocenters. The van der Waals surface area contributed by atoms with Crippen molar-refractivity contribution in [1.82, 2.24) is 14.5 Å². The molecule has 2 aromatic rings. The molecule has 4 aliphatic rings. The van der Waals surface area contributed by atoms with Crippen LogP contribution in [0.5, 0.6) is 0 Å². The highest BCUT2D eigenvalue weighted by Gasteiger charge is 2.45. The van der Waals surface area contributed by atoms with Crippen LogP contribution in [-0.2, 0) is 14.4 Å². The summed E-state index contributed by atoms with van der Waals surface area (Å²) in [5.74, 6) is -0.533. The number of fused-ring (bicyclic) bond motifs is 5. The van der Waals surface area contributed by atoms with Gasteiger partial charge in [0.05, 0.1) is 11.0 Å². The van der Waals surface area contributed by atoms with Crippen LogP contribution in [0.2, 0.25) is 0 Å². The largest absolute Gasteiger partial charge is 0.476 e. The molecule has 6 rings (SSSR count). The van der Waals surface area contributed by atoms with Gasteiger partial charge in [0.15, 0.2) is 12.3 Å². The standard InChI is InChI=1S/C29H37N5O5/c30-25(35)16-39-32-27(29(37)38)26-28(36)34(24-10-2-1-9-23(24)31-26)22-14-19-7-4-8-20(15-22)33(19)21-12-17-5-3-6-18(11-17)13-21/h1-2,9-10,17-22H,3-8,11-16H2,(H2,30,35)(H,37,38)/t17?,18?,19-,20+,21?,22?. The van der Waals surface area contributed by atoms with E-state index in [9.17, 15) is 19.5 Å². The van der Waals surface area contributed by atoms with Crippen molar-refractivity contribution in [3.63, 3.8) is 0 Å². The zero-order valence-electron chi connectivity index (χ0n) is 22.2. The van der Waals surface area contributed by atoms with Gasteiger partial charge in [0.25, 0.3) is 11.5 Å². The Balaban J connectivity index is 1.35. The third-order valence-electron chi connectivity index (χ3n) is 9.48. The average molecular weight is 536 g/mol. The van der Waals surface area contributed by atoms with Gasteiger partial charge in [0.1, 0.15) is 0 Å². The van der Waals surface area contributed by atoms with E-state index < -0.39 is 29.8 Å². The van der Waals surface area contributed by atoms with Crippen LogP contribution >= 0.6 is 0 Å². The number of carboxylic acids is 1. The number of carbonyl (C=O) groups excluding carboxylic acids is 1. The second-order valence-electron chi connectivity index (χ2n) is 11.9. The lowest BCUT2D eigenvalue weighted by Gasteiger charge is -2.55. The number of aromatic nitrogens is 2. The van der Waals surface area contributed by atoms with E-state index in [0.717, 1.165) is 37.5 Å². The molecule has 4 fully saturated rings. The summed E-state index contributed by atoms with van der Waals surface area (Å²) in [7, 11) is 0. The molecule has 2 aliphatic heterocycles. The van der Waals surface area contributed by atoms with Crippen molar-refractivity contribution < 1.29 is 19.5 Å². The summed E-state index contributed by atoms with van der Waals surface area (Å²) in [6, 6.07) is 8.74. The second kappa shape index (κ2) is 10.7. The predicted molar refractivity (Wildman–Crippen MR) is 145 cm³/mol. The van der Waals surface area contributed by atoms with E-state index in [0.29, 0.717) is 29.2 Å². The highest BCUT2D eigenvalue weighted by molar-refractivity contribution is 6.41. The molecular formula is C29H37N5O5. The van der Waals surface area contributed by atoms with E-state index in [1.165, 1.54) is 44.9 Å². The second-order valence-corrected chi connectivity index (χ2v) is 11.9. The monoisotopic (exact) mass is 535 g/mol. The maximum absolute atomic E-state index is 14.0. The predicted octanol–water partition coefficient (Wildman–Crippen LogP) is 3.21. The van der Waals surface area contributed by atoms with E-state index in [4.69, 9.17) is 10.6 Å². The van der Waals surface area contributed by atoms with Crippen LogP contribution in [0.25, 0.3) is 11.0 Å². The normalized spacial score (nSPS) is 31.1. The third kappa shape index (κ3) is 5.06. The number of amides is 1. The minimum Gasteiger partial charge on any atom is -0.476 e. The number of nitrogens with two attached hydrogens (primary N) is 1. The minimum atomic E-state index is -1.46. The molecule has 10 heteroatoms. The molecule has 0 radical (unpaired) electrons. The molecule has 10 nitrogen and oxygen atoms in total. The Bertz CT molecular complexity index is 1330. The van der Waals surface area contributed by atoms with E-state index >= 15 is 0 Å². The summed E-state index contributed by atoms with van der Waals surface area (Å²) < 4.78 is 1.75. The van der Waals surface area contributed by atoms with Crippen molar-refractivity contribution in [2.45, 2.75) is 94.8 Å². The van der Waals surface area contributed by atoms with E-state index in [1.807, 2.05) is 18.2 Å². The maximum atomic E-state index is 14.0. The molecule has 1 aromatic carbocycles. The summed E-state index contributed by atoms with van der Waals surface area (Å²) in [6.07, 6.45) is 13.3. The quantitative estimate of drug-likeness (QED) is 0.410. The number of rotatable bonds is 7. The van der Waals surface area contributed by atoms with Gasteiger partial charge in [-0.25, -0.2) is 9.78 Å².